The molecule has 0 fully saturated rings. The van der Waals surface area contributed by atoms with Crippen LogP contribution >= 0.6 is 0 Å². The van der Waals surface area contributed by atoms with Crippen LogP contribution in [-0.2, 0) is 0 Å². The van der Waals surface area contributed by atoms with Gasteiger partial charge < -0.3 is 15.7 Å². The largest absolute Gasteiger partial charge is 0.465 e. The van der Waals surface area contributed by atoms with Gasteiger partial charge in [-0.25, -0.2) is 4.79 Å². The van der Waals surface area contributed by atoms with E-state index in [1.165, 1.54) is 0 Å². The second-order valence-electron chi connectivity index (χ2n) is 2.88. The first-order chi connectivity index (χ1) is 6.79. The number of nitrogens with one attached hydrogen (secondary N) is 2. The molecule has 1 rings (SSSR count). The third-order valence-corrected chi connectivity index (χ3v) is 1.73. The predicted molar refractivity (Wildman–Crippen MR) is 55.6 cm³/mol. The molecule has 76 valence electrons. The third kappa shape index (κ3) is 4.35. The van der Waals surface area contributed by atoms with Crippen LogP contribution in [0.15, 0.2) is 30.3 Å². The summed E-state index contributed by atoms with van der Waals surface area (Å²) in [6.07, 6.45) is -0.189. The lowest BCUT2D eigenvalue weighted by atomic mass is 10.3. The van der Waals surface area contributed by atoms with E-state index in [0.717, 1.165) is 18.7 Å². The van der Waals surface area contributed by atoms with Crippen LogP contribution in [0.25, 0.3) is 0 Å². The molecule has 0 radical (unpaired) electrons. The fourth-order valence-electron chi connectivity index (χ4n) is 1.07. The Balaban J connectivity index is 2.08. The smallest absolute Gasteiger partial charge is 0.404 e. The molecule has 0 aliphatic rings. The van der Waals surface area contributed by atoms with Gasteiger partial charge in [0.25, 0.3) is 0 Å². The highest BCUT2D eigenvalue weighted by Gasteiger charge is 1.93. The molecule has 0 saturated heterocycles. The van der Waals surface area contributed by atoms with Gasteiger partial charge in [0.2, 0.25) is 0 Å². The third-order valence-electron chi connectivity index (χ3n) is 1.73. The highest BCUT2D eigenvalue weighted by molar-refractivity contribution is 5.64. The normalized spacial score (nSPS) is 9.43. The number of para-hydroxylation sites is 1. The molecule has 1 aromatic carbocycles. The summed E-state index contributed by atoms with van der Waals surface area (Å²) in [5.74, 6) is 0. The lowest BCUT2D eigenvalue weighted by Gasteiger charge is -2.05. The molecular weight excluding hydrogens is 180 g/mol. The van der Waals surface area contributed by atoms with Crippen molar-refractivity contribution in [3.63, 3.8) is 0 Å². The minimum absolute atomic E-state index is 0.481. The monoisotopic (exact) mass is 194 g/mol. The number of rotatable bonds is 5. The van der Waals surface area contributed by atoms with Crippen LogP contribution in [0.4, 0.5) is 10.5 Å². The molecule has 3 N–H and O–H groups in total. The lowest BCUT2D eigenvalue weighted by Crippen LogP contribution is -2.23. The molecule has 0 saturated carbocycles. The fourth-order valence-corrected chi connectivity index (χ4v) is 1.07. The molecule has 0 atom stereocenters. The average molecular weight is 194 g/mol. The summed E-state index contributed by atoms with van der Waals surface area (Å²) in [7, 11) is 0. The number of carboxylic acid groups (broad SMARTS) is 1. The zero-order valence-electron chi connectivity index (χ0n) is 7.86. The molecule has 4 nitrogen and oxygen atoms in total. The van der Waals surface area contributed by atoms with Crippen LogP contribution in [0, 0.1) is 0 Å². The van der Waals surface area contributed by atoms with Crippen molar-refractivity contribution in [2.75, 3.05) is 18.4 Å². The molecule has 4 heteroatoms. The van der Waals surface area contributed by atoms with Gasteiger partial charge in [-0.15, -0.1) is 0 Å². The molecule has 0 heterocycles. The molecular formula is C10H14N2O2. The van der Waals surface area contributed by atoms with Crippen molar-refractivity contribution in [2.24, 2.45) is 0 Å². The van der Waals surface area contributed by atoms with Crippen molar-refractivity contribution >= 4 is 11.8 Å². The van der Waals surface area contributed by atoms with Gasteiger partial charge in [0.1, 0.15) is 0 Å². The van der Waals surface area contributed by atoms with E-state index in [4.69, 9.17) is 5.11 Å². The van der Waals surface area contributed by atoms with Crippen molar-refractivity contribution in [3.8, 4) is 0 Å². The summed E-state index contributed by atoms with van der Waals surface area (Å²) < 4.78 is 0. The van der Waals surface area contributed by atoms with E-state index in [1.807, 2.05) is 30.3 Å². The number of benzene rings is 1. The standard InChI is InChI=1S/C10H14N2O2/c13-10(14)12-8-4-7-11-9-5-2-1-3-6-9/h1-3,5-6,11-12H,4,7-8H2,(H,13,14). The Bertz CT molecular complexity index is 275. The van der Waals surface area contributed by atoms with Gasteiger partial charge in [0, 0.05) is 18.8 Å². The topological polar surface area (TPSA) is 61.4 Å². The van der Waals surface area contributed by atoms with E-state index in [1.54, 1.807) is 0 Å². The first-order valence-corrected chi connectivity index (χ1v) is 4.55. The second-order valence-corrected chi connectivity index (χ2v) is 2.88. The number of carbonyl (C=O) groups is 1. The summed E-state index contributed by atoms with van der Waals surface area (Å²) in [6, 6.07) is 9.82. The van der Waals surface area contributed by atoms with Crippen LogP contribution in [-0.4, -0.2) is 24.3 Å². The van der Waals surface area contributed by atoms with Gasteiger partial charge in [-0.1, -0.05) is 18.2 Å². The number of amides is 1. The van der Waals surface area contributed by atoms with Crippen LogP contribution in [0.3, 0.4) is 0 Å². The van der Waals surface area contributed by atoms with Crippen molar-refractivity contribution < 1.29 is 9.90 Å². The maximum absolute atomic E-state index is 10.1. The predicted octanol–water partition coefficient (Wildman–Crippen LogP) is 1.76. The Morgan fingerprint density at radius 1 is 1.21 bits per heavy atom. The minimum atomic E-state index is -0.968. The van der Waals surface area contributed by atoms with Crippen molar-refractivity contribution in [3.05, 3.63) is 30.3 Å². The second kappa shape index (κ2) is 5.85. The summed E-state index contributed by atoms with van der Waals surface area (Å²) >= 11 is 0. The molecule has 0 unspecified atom stereocenters. The highest BCUT2D eigenvalue weighted by atomic mass is 16.4. The Kier molecular flexibility index (Phi) is 4.34. The minimum Gasteiger partial charge on any atom is -0.465 e. The number of anilines is 1. The Labute approximate surface area is 82.9 Å². The van der Waals surface area contributed by atoms with Crippen LogP contribution in [0.5, 0.6) is 0 Å². The maximum Gasteiger partial charge on any atom is 0.404 e. The Morgan fingerprint density at radius 2 is 1.93 bits per heavy atom. The highest BCUT2D eigenvalue weighted by Crippen LogP contribution is 2.03. The quantitative estimate of drug-likeness (QED) is 0.626. The molecule has 0 aliphatic heterocycles. The fraction of sp³-hybridized carbons (Fsp3) is 0.300. The van der Waals surface area contributed by atoms with Gasteiger partial charge >= 0.3 is 6.09 Å². The van der Waals surface area contributed by atoms with E-state index in [2.05, 4.69) is 10.6 Å². The SMILES string of the molecule is O=C(O)NCCCNc1ccccc1. The van der Waals surface area contributed by atoms with Crippen molar-refractivity contribution in [1.29, 1.82) is 0 Å². The molecule has 1 amide bonds. The Hall–Kier alpha value is -1.71. The van der Waals surface area contributed by atoms with Gasteiger partial charge in [-0.05, 0) is 18.6 Å². The first-order valence-electron chi connectivity index (χ1n) is 4.55. The van der Waals surface area contributed by atoms with Crippen molar-refractivity contribution in [2.45, 2.75) is 6.42 Å². The molecule has 1 aromatic rings. The van der Waals surface area contributed by atoms with Crippen LogP contribution in [0.2, 0.25) is 0 Å². The average Bonchev–Trinajstić information content (AvgIpc) is 2.18. The van der Waals surface area contributed by atoms with E-state index in [-0.39, 0.29) is 0 Å². The van der Waals surface area contributed by atoms with Gasteiger partial charge in [-0.3, -0.25) is 0 Å². The first kappa shape index (κ1) is 10.4. The van der Waals surface area contributed by atoms with Crippen LogP contribution in [0.1, 0.15) is 6.42 Å². The Morgan fingerprint density at radius 3 is 2.57 bits per heavy atom. The summed E-state index contributed by atoms with van der Waals surface area (Å²) in [5, 5.41) is 13.8. The van der Waals surface area contributed by atoms with E-state index in [9.17, 15) is 4.79 Å². The summed E-state index contributed by atoms with van der Waals surface area (Å²) in [5.41, 5.74) is 1.06. The van der Waals surface area contributed by atoms with E-state index in [0.29, 0.717) is 6.54 Å². The van der Waals surface area contributed by atoms with Crippen molar-refractivity contribution in [1.82, 2.24) is 5.32 Å². The summed E-state index contributed by atoms with van der Waals surface area (Å²) in [4.78, 5) is 10.1. The molecule has 14 heavy (non-hydrogen) atoms. The van der Waals surface area contributed by atoms with Gasteiger partial charge in [0.05, 0.1) is 0 Å². The lowest BCUT2D eigenvalue weighted by molar-refractivity contribution is 0.194. The van der Waals surface area contributed by atoms with Gasteiger partial charge in [-0.2, -0.15) is 0 Å². The molecule has 0 spiro atoms. The van der Waals surface area contributed by atoms with Gasteiger partial charge in [0.15, 0.2) is 0 Å². The number of hydrogen-bond donors (Lipinski definition) is 3. The molecule has 0 aliphatic carbocycles. The zero-order valence-corrected chi connectivity index (χ0v) is 7.86. The van der Waals surface area contributed by atoms with Crippen LogP contribution < -0.4 is 10.6 Å². The zero-order chi connectivity index (χ0) is 10.2. The maximum atomic E-state index is 10.1. The number of hydrogen-bond acceptors (Lipinski definition) is 2. The van der Waals surface area contributed by atoms with E-state index < -0.39 is 6.09 Å². The van der Waals surface area contributed by atoms with E-state index >= 15 is 0 Å². The summed E-state index contributed by atoms with van der Waals surface area (Å²) in [6.45, 7) is 1.25. The molecule has 0 bridgehead atoms. The molecule has 0 aromatic heterocycles.